The lowest BCUT2D eigenvalue weighted by Crippen LogP contribution is -2.34. The van der Waals surface area contributed by atoms with Gasteiger partial charge in [0, 0.05) is 36.2 Å². The monoisotopic (exact) mass is 489 g/mol. The highest BCUT2D eigenvalue weighted by molar-refractivity contribution is 7.90. The Morgan fingerprint density at radius 1 is 1.15 bits per heavy atom. The fraction of sp³-hybridized carbons (Fsp3) is 0.333. The Balaban J connectivity index is 0.000000318. The number of aryl methyl sites for hydroxylation is 1. The van der Waals surface area contributed by atoms with Gasteiger partial charge in [-0.3, -0.25) is 4.18 Å². The summed E-state index contributed by atoms with van der Waals surface area (Å²) in [5.74, 6) is 0.0731. The van der Waals surface area contributed by atoms with Crippen molar-refractivity contribution in [2.24, 2.45) is 0 Å². The summed E-state index contributed by atoms with van der Waals surface area (Å²) >= 11 is 2.39. The first-order valence-corrected chi connectivity index (χ1v) is 12.3. The molecule has 2 aliphatic rings. The lowest BCUT2D eigenvalue weighted by Gasteiger charge is -2.20. The van der Waals surface area contributed by atoms with Gasteiger partial charge >= 0.3 is 0 Å². The van der Waals surface area contributed by atoms with Crippen molar-refractivity contribution in [2.45, 2.75) is 25.7 Å². The highest BCUT2D eigenvalue weighted by Crippen LogP contribution is 2.46. The molecule has 0 bridgehead atoms. The van der Waals surface area contributed by atoms with Crippen molar-refractivity contribution in [1.29, 1.82) is 0 Å². The predicted molar refractivity (Wildman–Crippen MR) is 133 cm³/mol. The molecule has 0 radical (unpaired) electrons. The second kappa shape index (κ2) is 11.3. The summed E-state index contributed by atoms with van der Waals surface area (Å²) in [6.45, 7) is 3.93. The minimum atomic E-state index is -0.336. The maximum atomic E-state index is 14.7. The third kappa shape index (κ3) is 5.87. The molecular weight excluding hydrogens is 461 g/mol. The van der Waals surface area contributed by atoms with E-state index in [1.165, 1.54) is 18.7 Å². The van der Waals surface area contributed by atoms with E-state index in [2.05, 4.69) is 29.8 Å². The lowest BCUT2D eigenvalue weighted by atomic mass is 10.1. The van der Waals surface area contributed by atoms with Gasteiger partial charge in [-0.2, -0.15) is 0 Å². The van der Waals surface area contributed by atoms with Crippen LogP contribution in [0.1, 0.15) is 23.1 Å². The fourth-order valence-electron chi connectivity index (χ4n) is 3.79. The van der Waals surface area contributed by atoms with E-state index in [1.807, 2.05) is 35.6 Å². The SMILES string of the molecule is COSOc1ccc(-c2csc3c2N(C)NC3OC2CCNC2)c(F)c1.Cc1ccccc1. The van der Waals surface area contributed by atoms with Crippen LogP contribution in [0.2, 0.25) is 0 Å². The van der Waals surface area contributed by atoms with Crippen molar-refractivity contribution in [3.05, 3.63) is 70.2 Å². The van der Waals surface area contributed by atoms with E-state index in [-0.39, 0.29) is 18.1 Å². The molecule has 6 nitrogen and oxygen atoms in total. The maximum Gasteiger partial charge on any atom is 0.225 e. The van der Waals surface area contributed by atoms with Crippen LogP contribution in [0.15, 0.2) is 53.9 Å². The average molecular weight is 490 g/mol. The molecule has 0 amide bonds. The van der Waals surface area contributed by atoms with Crippen molar-refractivity contribution in [1.82, 2.24) is 10.7 Å². The Labute approximate surface area is 202 Å². The molecule has 2 N–H and O–H groups in total. The number of nitrogens with zero attached hydrogens (tertiary/aromatic N) is 1. The molecule has 5 rings (SSSR count). The first-order chi connectivity index (χ1) is 16.1. The van der Waals surface area contributed by atoms with Gasteiger partial charge < -0.3 is 19.2 Å². The summed E-state index contributed by atoms with van der Waals surface area (Å²) < 4.78 is 30.8. The molecule has 2 unspecified atom stereocenters. The van der Waals surface area contributed by atoms with Crippen molar-refractivity contribution >= 4 is 29.3 Å². The van der Waals surface area contributed by atoms with Gasteiger partial charge in [0.2, 0.25) is 12.3 Å². The Kier molecular flexibility index (Phi) is 8.24. The minimum Gasteiger partial charge on any atom is -0.400 e. The zero-order valence-corrected chi connectivity index (χ0v) is 20.5. The van der Waals surface area contributed by atoms with Crippen LogP contribution >= 0.6 is 23.7 Å². The van der Waals surface area contributed by atoms with Crippen LogP contribution < -0.4 is 19.9 Å². The van der Waals surface area contributed by atoms with Gasteiger partial charge in [0.1, 0.15) is 11.6 Å². The van der Waals surface area contributed by atoms with Gasteiger partial charge in [0.25, 0.3) is 0 Å². The minimum absolute atomic E-state index is 0.192. The van der Waals surface area contributed by atoms with E-state index in [9.17, 15) is 4.39 Å². The number of thiophene rings is 1. The molecule has 2 aliphatic heterocycles. The van der Waals surface area contributed by atoms with Gasteiger partial charge in [-0.25, -0.2) is 9.82 Å². The summed E-state index contributed by atoms with van der Waals surface area (Å²) in [5.41, 5.74) is 6.99. The zero-order chi connectivity index (χ0) is 23.2. The molecule has 2 atom stereocenters. The predicted octanol–water partition coefficient (Wildman–Crippen LogP) is 5.47. The first-order valence-electron chi connectivity index (χ1n) is 10.7. The van der Waals surface area contributed by atoms with Crippen LogP contribution in [0.4, 0.5) is 10.1 Å². The largest absolute Gasteiger partial charge is 0.400 e. The molecule has 2 aromatic carbocycles. The molecule has 0 aliphatic carbocycles. The van der Waals surface area contributed by atoms with E-state index < -0.39 is 0 Å². The van der Waals surface area contributed by atoms with E-state index in [0.717, 1.165) is 48.0 Å². The van der Waals surface area contributed by atoms with E-state index in [1.54, 1.807) is 23.5 Å². The number of nitrogens with one attached hydrogen (secondary N) is 2. The number of halogens is 1. The van der Waals surface area contributed by atoms with Crippen molar-refractivity contribution in [3.63, 3.8) is 0 Å². The van der Waals surface area contributed by atoms with E-state index in [0.29, 0.717) is 11.3 Å². The normalized spacial score (nSPS) is 19.2. The van der Waals surface area contributed by atoms with Crippen LogP contribution in [0.5, 0.6) is 5.75 Å². The van der Waals surface area contributed by atoms with E-state index in [4.69, 9.17) is 13.1 Å². The molecule has 1 fully saturated rings. The molecule has 176 valence electrons. The number of rotatable bonds is 6. The highest BCUT2D eigenvalue weighted by atomic mass is 32.2. The summed E-state index contributed by atoms with van der Waals surface area (Å²) in [5, 5.41) is 7.20. The summed E-state index contributed by atoms with van der Waals surface area (Å²) in [6, 6.07) is 15.1. The highest BCUT2D eigenvalue weighted by Gasteiger charge is 2.34. The van der Waals surface area contributed by atoms with Crippen molar-refractivity contribution in [3.8, 4) is 16.9 Å². The molecule has 3 aromatic rings. The second-order valence-corrected chi connectivity index (χ2v) is 9.34. The Morgan fingerprint density at radius 2 is 1.97 bits per heavy atom. The van der Waals surface area contributed by atoms with Gasteiger partial charge in [-0.1, -0.05) is 35.9 Å². The Hall–Kier alpha value is -2.14. The Morgan fingerprint density at radius 3 is 2.61 bits per heavy atom. The third-order valence-electron chi connectivity index (χ3n) is 5.39. The van der Waals surface area contributed by atoms with Gasteiger partial charge in [0.15, 0.2) is 6.23 Å². The third-order valence-corrected chi connectivity index (χ3v) is 6.80. The molecule has 1 aromatic heterocycles. The van der Waals surface area contributed by atoms with Crippen LogP contribution in [0.25, 0.3) is 11.1 Å². The lowest BCUT2D eigenvalue weighted by molar-refractivity contribution is -0.0147. The smallest absolute Gasteiger partial charge is 0.225 e. The van der Waals surface area contributed by atoms with Crippen LogP contribution in [0.3, 0.4) is 0 Å². The number of benzene rings is 2. The van der Waals surface area contributed by atoms with Gasteiger partial charge in [-0.05, 0) is 32.0 Å². The zero-order valence-electron chi connectivity index (χ0n) is 18.8. The molecule has 33 heavy (non-hydrogen) atoms. The van der Waals surface area contributed by atoms with Crippen LogP contribution in [-0.2, 0) is 8.92 Å². The van der Waals surface area contributed by atoms with E-state index >= 15 is 0 Å². The summed E-state index contributed by atoms with van der Waals surface area (Å²) in [7, 11) is 3.42. The maximum absolute atomic E-state index is 14.7. The van der Waals surface area contributed by atoms with Gasteiger partial charge in [-0.15, -0.1) is 11.3 Å². The van der Waals surface area contributed by atoms with Gasteiger partial charge in [0.05, 0.1) is 23.8 Å². The molecule has 1 saturated heterocycles. The molecular formula is C24H28FN3O3S2. The van der Waals surface area contributed by atoms with Crippen molar-refractivity contribution in [2.75, 3.05) is 32.3 Å². The standard InChI is InChI=1S/C17H20FN3O3S2.C7H8/c1-21-15-13(12-4-3-10(7-14(12)18)24-26-22-2)9-25-16(15)17(20-21)23-11-5-6-19-8-11;1-7-5-3-2-4-6-7/h3-4,7,9,11,17,19-20H,5-6,8H2,1-2H3;2-6H,1H3. The average Bonchev–Trinajstić information content (AvgIpc) is 3.54. The quantitative estimate of drug-likeness (QED) is 0.446. The molecule has 0 saturated carbocycles. The topological polar surface area (TPSA) is 55.0 Å². The molecule has 9 heteroatoms. The number of anilines is 1. The summed E-state index contributed by atoms with van der Waals surface area (Å²) in [4.78, 5) is 1.07. The second-order valence-electron chi connectivity index (χ2n) is 7.80. The Bertz CT molecular complexity index is 1040. The van der Waals surface area contributed by atoms with Crippen LogP contribution in [0, 0.1) is 12.7 Å². The number of hydrazine groups is 1. The number of hydrogen-bond acceptors (Lipinski definition) is 8. The fourth-order valence-corrected chi connectivity index (χ4v) is 5.12. The first kappa shape index (κ1) is 24.0. The number of ether oxygens (including phenoxy) is 1. The molecule has 0 spiro atoms. The van der Waals surface area contributed by atoms with Crippen molar-refractivity contribution < 1.29 is 17.5 Å². The molecule has 3 heterocycles. The summed E-state index contributed by atoms with van der Waals surface area (Å²) in [6.07, 6.45) is 1.01. The van der Waals surface area contributed by atoms with Crippen LogP contribution in [-0.4, -0.2) is 33.4 Å². The number of fused-ring (bicyclic) bond motifs is 1. The number of hydrogen-bond donors (Lipinski definition) is 2.